The fourth-order valence-electron chi connectivity index (χ4n) is 1.26. The molecule has 1 rings (SSSR count). The molecule has 0 unspecified atom stereocenters. The minimum atomic E-state index is 0.0735. The van der Waals surface area contributed by atoms with Crippen molar-refractivity contribution in [2.45, 2.75) is 13.3 Å². The van der Waals surface area contributed by atoms with Crippen LogP contribution >= 0.6 is 0 Å². The fraction of sp³-hybridized carbons (Fsp3) is 0.625. The van der Waals surface area contributed by atoms with Crippen LogP contribution in [0.3, 0.4) is 0 Å². The highest BCUT2D eigenvalue weighted by Crippen LogP contribution is 2.14. The number of carbonyl (C=O) groups is 1. The number of carbonyl (C=O) groups excluding carboxylic acids is 1. The van der Waals surface area contributed by atoms with Gasteiger partial charge >= 0.3 is 0 Å². The summed E-state index contributed by atoms with van der Waals surface area (Å²) in [6.45, 7) is 7.42. The van der Waals surface area contributed by atoms with Crippen LogP contribution in [-0.4, -0.2) is 23.9 Å². The first kappa shape index (κ1) is 7.32. The van der Waals surface area contributed by atoms with Gasteiger partial charge in [-0.1, -0.05) is 13.5 Å². The van der Waals surface area contributed by atoms with Crippen molar-refractivity contribution < 1.29 is 4.79 Å². The molecular formula is C8H13NO. The largest absolute Gasteiger partial charge is 0.339 e. The normalized spacial score (nSPS) is 24.9. The molecule has 0 saturated carbocycles. The van der Waals surface area contributed by atoms with Crippen LogP contribution in [-0.2, 0) is 4.79 Å². The molecule has 0 bridgehead atoms. The Labute approximate surface area is 61.5 Å². The highest BCUT2D eigenvalue weighted by molar-refractivity contribution is 5.87. The van der Waals surface area contributed by atoms with Gasteiger partial charge in [-0.2, -0.15) is 0 Å². The number of amides is 1. The third kappa shape index (κ3) is 1.38. The molecule has 1 amide bonds. The zero-order valence-corrected chi connectivity index (χ0v) is 6.34. The molecule has 2 heteroatoms. The number of likely N-dealkylation sites (tertiary alicyclic amines) is 1. The summed E-state index contributed by atoms with van der Waals surface area (Å²) in [5, 5.41) is 0. The second-order valence-electron chi connectivity index (χ2n) is 2.88. The Morgan fingerprint density at radius 2 is 2.50 bits per heavy atom. The van der Waals surface area contributed by atoms with E-state index in [9.17, 15) is 4.79 Å². The van der Waals surface area contributed by atoms with Crippen LogP contribution in [0.15, 0.2) is 12.7 Å². The number of hydrogen-bond donors (Lipinski definition) is 0. The van der Waals surface area contributed by atoms with Crippen LogP contribution in [0.1, 0.15) is 13.3 Å². The monoisotopic (exact) mass is 139 g/mol. The van der Waals surface area contributed by atoms with E-state index in [2.05, 4.69) is 13.5 Å². The maximum absolute atomic E-state index is 11.0. The summed E-state index contributed by atoms with van der Waals surface area (Å²) in [6, 6.07) is 0. The smallest absolute Gasteiger partial charge is 0.245 e. The Balaban J connectivity index is 2.44. The highest BCUT2D eigenvalue weighted by atomic mass is 16.2. The van der Waals surface area contributed by atoms with Gasteiger partial charge in [0.1, 0.15) is 0 Å². The van der Waals surface area contributed by atoms with Crippen LogP contribution in [0, 0.1) is 5.92 Å². The van der Waals surface area contributed by atoms with Crippen molar-refractivity contribution in [2.24, 2.45) is 5.92 Å². The average molecular weight is 139 g/mol. The Morgan fingerprint density at radius 3 is 2.90 bits per heavy atom. The van der Waals surface area contributed by atoms with Crippen molar-refractivity contribution in [1.82, 2.24) is 4.90 Å². The molecule has 0 aromatic heterocycles. The van der Waals surface area contributed by atoms with E-state index < -0.39 is 0 Å². The molecule has 2 nitrogen and oxygen atoms in total. The van der Waals surface area contributed by atoms with Gasteiger partial charge in [0.05, 0.1) is 0 Å². The SMILES string of the molecule is C=CC(=O)N1CC[C@@H](C)C1. The van der Waals surface area contributed by atoms with E-state index in [0.29, 0.717) is 5.92 Å². The average Bonchev–Trinajstić information content (AvgIpc) is 2.34. The maximum atomic E-state index is 11.0. The molecule has 0 spiro atoms. The number of nitrogens with zero attached hydrogens (tertiary/aromatic N) is 1. The van der Waals surface area contributed by atoms with Gasteiger partial charge in [-0.3, -0.25) is 4.79 Å². The molecule has 0 aliphatic carbocycles. The molecule has 10 heavy (non-hydrogen) atoms. The van der Waals surface area contributed by atoms with Gasteiger partial charge in [0.15, 0.2) is 0 Å². The first-order valence-electron chi connectivity index (χ1n) is 3.65. The van der Waals surface area contributed by atoms with Gasteiger partial charge in [-0.15, -0.1) is 0 Å². The van der Waals surface area contributed by atoms with Crippen molar-refractivity contribution >= 4 is 5.91 Å². The Hall–Kier alpha value is -0.790. The number of hydrogen-bond acceptors (Lipinski definition) is 1. The zero-order valence-electron chi connectivity index (χ0n) is 6.34. The van der Waals surface area contributed by atoms with Crippen molar-refractivity contribution in [2.75, 3.05) is 13.1 Å². The predicted molar refractivity (Wildman–Crippen MR) is 40.6 cm³/mol. The minimum absolute atomic E-state index is 0.0735. The van der Waals surface area contributed by atoms with Gasteiger partial charge in [0.25, 0.3) is 0 Å². The van der Waals surface area contributed by atoms with E-state index in [1.165, 1.54) is 6.08 Å². The van der Waals surface area contributed by atoms with Gasteiger partial charge in [0, 0.05) is 13.1 Å². The molecular weight excluding hydrogens is 126 g/mol. The molecule has 1 aliphatic heterocycles. The quantitative estimate of drug-likeness (QED) is 0.497. The molecule has 1 saturated heterocycles. The maximum Gasteiger partial charge on any atom is 0.245 e. The lowest BCUT2D eigenvalue weighted by Crippen LogP contribution is -2.26. The lowest BCUT2D eigenvalue weighted by atomic mass is 10.2. The van der Waals surface area contributed by atoms with E-state index in [-0.39, 0.29) is 5.91 Å². The van der Waals surface area contributed by atoms with Crippen LogP contribution in [0.25, 0.3) is 0 Å². The van der Waals surface area contributed by atoms with E-state index in [4.69, 9.17) is 0 Å². The summed E-state index contributed by atoms with van der Waals surface area (Å²) in [4.78, 5) is 12.8. The summed E-state index contributed by atoms with van der Waals surface area (Å²) in [5.74, 6) is 0.744. The van der Waals surface area contributed by atoms with Crippen molar-refractivity contribution in [3.05, 3.63) is 12.7 Å². The Kier molecular flexibility index (Phi) is 2.10. The summed E-state index contributed by atoms with van der Waals surface area (Å²) in [7, 11) is 0. The first-order valence-corrected chi connectivity index (χ1v) is 3.65. The van der Waals surface area contributed by atoms with Gasteiger partial charge in [0.2, 0.25) is 5.91 Å². The Bertz CT molecular complexity index is 153. The van der Waals surface area contributed by atoms with Crippen molar-refractivity contribution in [3.63, 3.8) is 0 Å². The van der Waals surface area contributed by atoms with Crippen LogP contribution < -0.4 is 0 Å². The molecule has 1 atom stereocenters. The minimum Gasteiger partial charge on any atom is -0.339 e. The van der Waals surface area contributed by atoms with E-state index >= 15 is 0 Å². The molecule has 0 aromatic rings. The molecule has 0 N–H and O–H groups in total. The molecule has 1 aliphatic rings. The number of rotatable bonds is 1. The molecule has 1 fully saturated rings. The molecule has 1 heterocycles. The van der Waals surface area contributed by atoms with Crippen molar-refractivity contribution in [3.8, 4) is 0 Å². The van der Waals surface area contributed by atoms with Crippen LogP contribution in [0.4, 0.5) is 0 Å². The lowest BCUT2D eigenvalue weighted by molar-refractivity contribution is -0.125. The van der Waals surface area contributed by atoms with E-state index in [0.717, 1.165) is 19.5 Å². The Morgan fingerprint density at radius 1 is 1.80 bits per heavy atom. The van der Waals surface area contributed by atoms with E-state index in [1.807, 2.05) is 4.90 Å². The second-order valence-corrected chi connectivity index (χ2v) is 2.88. The summed E-state index contributed by atoms with van der Waals surface area (Å²) in [6.07, 6.45) is 2.53. The third-order valence-corrected chi connectivity index (χ3v) is 1.91. The summed E-state index contributed by atoms with van der Waals surface area (Å²) >= 11 is 0. The van der Waals surface area contributed by atoms with Crippen LogP contribution in [0.2, 0.25) is 0 Å². The van der Waals surface area contributed by atoms with E-state index in [1.54, 1.807) is 0 Å². The fourth-order valence-corrected chi connectivity index (χ4v) is 1.26. The zero-order chi connectivity index (χ0) is 7.56. The molecule has 0 radical (unpaired) electrons. The van der Waals surface area contributed by atoms with Gasteiger partial charge in [-0.25, -0.2) is 0 Å². The van der Waals surface area contributed by atoms with Crippen molar-refractivity contribution in [1.29, 1.82) is 0 Å². The predicted octanol–water partition coefficient (Wildman–Crippen LogP) is 1.04. The first-order chi connectivity index (χ1) is 4.74. The standard InChI is InChI=1S/C8H13NO/c1-3-8(10)9-5-4-7(2)6-9/h3,7H,1,4-6H2,2H3/t7-/m1/s1. The van der Waals surface area contributed by atoms with Gasteiger partial charge in [-0.05, 0) is 18.4 Å². The molecule has 0 aromatic carbocycles. The van der Waals surface area contributed by atoms with Crippen LogP contribution in [0.5, 0.6) is 0 Å². The third-order valence-electron chi connectivity index (χ3n) is 1.91. The second kappa shape index (κ2) is 2.86. The summed E-state index contributed by atoms with van der Waals surface area (Å²) in [5.41, 5.74) is 0. The summed E-state index contributed by atoms with van der Waals surface area (Å²) < 4.78 is 0. The highest BCUT2D eigenvalue weighted by Gasteiger charge is 2.20. The lowest BCUT2D eigenvalue weighted by Gasteiger charge is -2.11. The molecule has 56 valence electrons. The topological polar surface area (TPSA) is 20.3 Å². The van der Waals surface area contributed by atoms with Gasteiger partial charge < -0.3 is 4.90 Å².